The van der Waals surface area contributed by atoms with E-state index in [-0.39, 0.29) is 12.3 Å². The van der Waals surface area contributed by atoms with Crippen LogP contribution in [0.2, 0.25) is 0 Å². The first-order chi connectivity index (χ1) is 10.8. The molecule has 2 aromatic carbocycles. The van der Waals surface area contributed by atoms with Gasteiger partial charge in [0.25, 0.3) is 0 Å². The van der Waals surface area contributed by atoms with E-state index in [0.29, 0.717) is 5.92 Å². The smallest absolute Gasteiger partial charge is 0.204 e. The van der Waals surface area contributed by atoms with E-state index < -0.39 is 0 Å². The maximum atomic E-state index is 6.08. The van der Waals surface area contributed by atoms with Crippen LogP contribution in [-0.4, -0.2) is 12.9 Å². The largest absolute Gasteiger partial charge is 0.464 e. The normalized spacial score (nSPS) is 26.5. The monoisotopic (exact) mass is 359 g/mol. The minimum absolute atomic E-state index is 0.149. The van der Waals surface area contributed by atoms with E-state index in [1.807, 2.05) is 18.2 Å². The molecule has 2 aliphatic heterocycles. The lowest BCUT2D eigenvalue weighted by molar-refractivity contribution is -0.154. The Balaban J connectivity index is 1.73. The zero-order valence-electron chi connectivity index (χ0n) is 12.2. The third kappa shape index (κ3) is 2.61. The fourth-order valence-electron chi connectivity index (χ4n) is 3.35. The minimum Gasteiger partial charge on any atom is -0.464 e. The Morgan fingerprint density at radius 3 is 2.82 bits per heavy atom. The van der Waals surface area contributed by atoms with E-state index in [1.165, 1.54) is 5.56 Å². The van der Waals surface area contributed by atoms with Crippen LogP contribution in [0.15, 0.2) is 53.0 Å². The summed E-state index contributed by atoms with van der Waals surface area (Å²) in [7, 11) is 0. The van der Waals surface area contributed by atoms with Crippen LogP contribution in [0.25, 0.3) is 0 Å². The van der Waals surface area contributed by atoms with Crippen LogP contribution in [0.5, 0.6) is 5.75 Å². The summed E-state index contributed by atoms with van der Waals surface area (Å²) in [4.78, 5) is 0. The highest BCUT2D eigenvalue weighted by molar-refractivity contribution is 9.10. The number of benzene rings is 2. The molecule has 2 heterocycles. The molecule has 3 atom stereocenters. The van der Waals surface area contributed by atoms with E-state index in [9.17, 15) is 0 Å². The maximum absolute atomic E-state index is 6.08. The second-order valence-electron chi connectivity index (χ2n) is 5.83. The molecule has 4 heteroatoms. The molecule has 1 N–H and O–H groups in total. The molecule has 0 amide bonds. The molecule has 0 bridgehead atoms. The van der Waals surface area contributed by atoms with Gasteiger partial charge in [0.2, 0.25) is 6.29 Å². The molecule has 0 aliphatic carbocycles. The van der Waals surface area contributed by atoms with Crippen molar-refractivity contribution in [1.82, 2.24) is 0 Å². The number of hydrogen-bond acceptors (Lipinski definition) is 3. The molecule has 2 aromatic rings. The van der Waals surface area contributed by atoms with E-state index in [0.717, 1.165) is 35.4 Å². The van der Waals surface area contributed by atoms with Gasteiger partial charge in [-0.3, -0.25) is 0 Å². The number of anilines is 1. The average Bonchev–Trinajstić information content (AvgIpc) is 2.56. The first-order valence-corrected chi connectivity index (χ1v) is 8.50. The lowest BCUT2D eigenvalue weighted by Gasteiger charge is -2.42. The molecule has 22 heavy (non-hydrogen) atoms. The molecule has 4 rings (SSSR count). The van der Waals surface area contributed by atoms with Crippen molar-refractivity contribution in [3.05, 3.63) is 58.6 Å². The minimum atomic E-state index is -0.149. The van der Waals surface area contributed by atoms with Crippen LogP contribution in [0.1, 0.15) is 24.4 Å². The van der Waals surface area contributed by atoms with Crippen LogP contribution in [0.3, 0.4) is 0 Å². The van der Waals surface area contributed by atoms with Crippen molar-refractivity contribution in [3.63, 3.8) is 0 Å². The lowest BCUT2D eigenvalue weighted by atomic mass is 9.84. The van der Waals surface area contributed by atoms with Crippen LogP contribution in [-0.2, 0) is 4.74 Å². The molecule has 0 saturated carbocycles. The highest BCUT2D eigenvalue weighted by Gasteiger charge is 2.40. The Labute approximate surface area is 138 Å². The summed E-state index contributed by atoms with van der Waals surface area (Å²) in [5.74, 6) is 1.25. The van der Waals surface area contributed by atoms with Gasteiger partial charge >= 0.3 is 0 Å². The van der Waals surface area contributed by atoms with E-state index in [4.69, 9.17) is 9.47 Å². The zero-order chi connectivity index (χ0) is 14.9. The molecule has 1 fully saturated rings. The Bertz CT molecular complexity index is 661. The third-order valence-corrected chi connectivity index (χ3v) is 4.88. The van der Waals surface area contributed by atoms with E-state index >= 15 is 0 Å². The molecule has 114 valence electrons. The summed E-state index contributed by atoms with van der Waals surface area (Å²) in [5, 5.41) is 3.68. The van der Waals surface area contributed by atoms with Gasteiger partial charge < -0.3 is 14.8 Å². The summed E-state index contributed by atoms with van der Waals surface area (Å²) in [6.07, 6.45) is 2.05. The fraction of sp³-hybridized carbons (Fsp3) is 0.333. The molecule has 0 radical (unpaired) electrons. The lowest BCUT2D eigenvalue weighted by Crippen LogP contribution is -2.43. The number of rotatable bonds is 2. The maximum Gasteiger partial charge on any atom is 0.204 e. The van der Waals surface area contributed by atoms with Gasteiger partial charge in [-0.2, -0.15) is 0 Å². The molecule has 0 spiro atoms. The molecular formula is C18H18BrNO2. The fourth-order valence-corrected chi connectivity index (χ4v) is 3.73. The van der Waals surface area contributed by atoms with Crippen molar-refractivity contribution in [2.75, 3.05) is 11.9 Å². The SMILES string of the molecule is Brc1ccc2c(c1)[C@@H](Nc1ccccc1)[C@H]1CCCO[C@H]1O2. The number of nitrogens with one attached hydrogen (secondary N) is 1. The summed E-state index contributed by atoms with van der Waals surface area (Å²) in [6, 6.07) is 16.7. The number of ether oxygens (including phenoxy) is 2. The van der Waals surface area contributed by atoms with Crippen LogP contribution in [0, 0.1) is 5.92 Å². The number of hydrogen-bond donors (Lipinski definition) is 1. The number of halogens is 1. The van der Waals surface area contributed by atoms with Gasteiger partial charge in [0.15, 0.2) is 0 Å². The summed E-state index contributed by atoms with van der Waals surface area (Å²) >= 11 is 3.58. The predicted molar refractivity (Wildman–Crippen MR) is 90.0 cm³/mol. The average molecular weight is 360 g/mol. The van der Waals surface area contributed by atoms with Gasteiger partial charge in [0.1, 0.15) is 5.75 Å². The predicted octanol–water partition coefficient (Wildman–Crippen LogP) is 4.75. The van der Waals surface area contributed by atoms with Crippen molar-refractivity contribution in [3.8, 4) is 5.75 Å². The Morgan fingerprint density at radius 2 is 1.95 bits per heavy atom. The van der Waals surface area contributed by atoms with Gasteiger partial charge in [-0.15, -0.1) is 0 Å². The quantitative estimate of drug-likeness (QED) is 0.839. The summed E-state index contributed by atoms with van der Waals surface area (Å²) < 4.78 is 13.0. The van der Waals surface area contributed by atoms with Crippen molar-refractivity contribution in [2.45, 2.75) is 25.2 Å². The molecule has 2 aliphatic rings. The van der Waals surface area contributed by atoms with Gasteiger partial charge in [-0.25, -0.2) is 0 Å². The van der Waals surface area contributed by atoms with Crippen molar-refractivity contribution >= 4 is 21.6 Å². The standard InChI is InChI=1S/C18H18BrNO2/c19-12-8-9-16-15(11-12)17(20-13-5-2-1-3-6-13)14-7-4-10-21-18(14)22-16/h1-3,5-6,8-9,11,14,17-18,20H,4,7,10H2/t14-,17+,18+/m1/s1. The van der Waals surface area contributed by atoms with Crippen LogP contribution >= 0.6 is 15.9 Å². The van der Waals surface area contributed by atoms with Gasteiger partial charge in [0, 0.05) is 21.6 Å². The van der Waals surface area contributed by atoms with Crippen molar-refractivity contribution in [1.29, 1.82) is 0 Å². The van der Waals surface area contributed by atoms with Gasteiger partial charge in [-0.1, -0.05) is 34.1 Å². The second kappa shape index (κ2) is 5.94. The molecule has 0 unspecified atom stereocenters. The molecular weight excluding hydrogens is 342 g/mol. The van der Waals surface area contributed by atoms with Crippen LogP contribution < -0.4 is 10.1 Å². The Morgan fingerprint density at radius 1 is 1.09 bits per heavy atom. The molecule has 3 nitrogen and oxygen atoms in total. The first-order valence-electron chi connectivity index (χ1n) is 7.70. The highest BCUT2D eigenvalue weighted by Crippen LogP contribution is 2.45. The third-order valence-electron chi connectivity index (χ3n) is 4.39. The van der Waals surface area contributed by atoms with Crippen LogP contribution in [0.4, 0.5) is 5.69 Å². The van der Waals surface area contributed by atoms with Crippen molar-refractivity contribution in [2.24, 2.45) is 5.92 Å². The van der Waals surface area contributed by atoms with Gasteiger partial charge in [-0.05, 0) is 43.2 Å². The summed E-state index contributed by atoms with van der Waals surface area (Å²) in [5.41, 5.74) is 2.33. The highest BCUT2D eigenvalue weighted by atomic mass is 79.9. The second-order valence-corrected chi connectivity index (χ2v) is 6.75. The van der Waals surface area contributed by atoms with Crippen molar-refractivity contribution < 1.29 is 9.47 Å². The van der Waals surface area contributed by atoms with E-state index in [2.05, 4.69) is 51.6 Å². The van der Waals surface area contributed by atoms with Gasteiger partial charge in [0.05, 0.1) is 12.6 Å². The Kier molecular flexibility index (Phi) is 3.80. The topological polar surface area (TPSA) is 30.5 Å². The van der Waals surface area contributed by atoms with E-state index in [1.54, 1.807) is 0 Å². The number of fused-ring (bicyclic) bond motifs is 2. The molecule has 0 aromatic heterocycles. The first kappa shape index (κ1) is 14.1. The zero-order valence-corrected chi connectivity index (χ0v) is 13.8. The summed E-state index contributed by atoms with van der Waals surface area (Å²) in [6.45, 7) is 0.783. The molecule has 1 saturated heterocycles. The number of para-hydroxylation sites is 1. The Hall–Kier alpha value is -1.52.